The second kappa shape index (κ2) is 4.93. The molecule has 1 aromatic rings. The summed E-state index contributed by atoms with van der Waals surface area (Å²) >= 11 is 0. The van der Waals surface area contributed by atoms with Gasteiger partial charge >= 0.3 is 0 Å². The Kier molecular flexibility index (Phi) is 3.56. The van der Waals surface area contributed by atoms with Crippen LogP contribution in [0.25, 0.3) is 0 Å². The maximum atomic E-state index is 5.84. The van der Waals surface area contributed by atoms with Crippen molar-refractivity contribution in [3.8, 4) is 0 Å². The van der Waals surface area contributed by atoms with E-state index in [9.17, 15) is 0 Å². The average molecular weight is 225 g/mol. The first-order valence-electron chi connectivity index (χ1n) is 5.80. The normalized spacial score (nSPS) is 27.2. The van der Waals surface area contributed by atoms with Crippen LogP contribution >= 0.6 is 0 Å². The molecule has 90 valence electrons. The first kappa shape index (κ1) is 11.5. The SMILES string of the molecule is COCC(N)c1noc(C2CCCC2C)n1. The Balaban J connectivity index is 2.06. The summed E-state index contributed by atoms with van der Waals surface area (Å²) in [6.45, 7) is 2.65. The van der Waals surface area contributed by atoms with E-state index in [4.69, 9.17) is 15.0 Å². The number of nitrogens with two attached hydrogens (primary N) is 1. The van der Waals surface area contributed by atoms with Crippen molar-refractivity contribution in [2.24, 2.45) is 11.7 Å². The zero-order valence-corrected chi connectivity index (χ0v) is 9.85. The molecule has 0 aliphatic heterocycles. The number of aromatic nitrogens is 2. The van der Waals surface area contributed by atoms with E-state index in [2.05, 4.69) is 17.1 Å². The van der Waals surface area contributed by atoms with Gasteiger partial charge in [0, 0.05) is 13.0 Å². The number of rotatable bonds is 4. The van der Waals surface area contributed by atoms with Crippen LogP contribution in [0, 0.1) is 5.92 Å². The maximum absolute atomic E-state index is 5.84. The molecule has 3 atom stereocenters. The predicted octanol–water partition coefficient (Wildman–Crippen LogP) is 1.62. The molecule has 1 saturated carbocycles. The van der Waals surface area contributed by atoms with Gasteiger partial charge in [0.15, 0.2) is 5.82 Å². The molecular formula is C11H19N3O2. The van der Waals surface area contributed by atoms with E-state index in [1.165, 1.54) is 12.8 Å². The number of ether oxygens (including phenoxy) is 1. The Morgan fingerprint density at radius 1 is 1.56 bits per heavy atom. The van der Waals surface area contributed by atoms with E-state index >= 15 is 0 Å². The molecule has 2 N–H and O–H groups in total. The second-order valence-corrected chi connectivity index (χ2v) is 4.57. The summed E-state index contributed by atoms with van der Waals surface area (Å²) in [5, 5.41) is 3.92. The monoisotopic (exact) mass is 225 g/mol. The average Bonchev–Trinajstić information content (AvgIpc) is 2.86. The third-order valence-corrected chi connectivity index (χ3v) is 3.31. The molecule has 1 aromatic heterocycles. The first-order valence-corrected chi connectivity index (χ1v) is 5.80. The van der Waals surface area contributed by atoms with Crippen LogP contribution in [0.2, 0.25) is 0 Å². The minimum Gasteiger partial charge on any atom is -0.383 e. The number of nitrogens with zero attached hydrogens (tertiary/aromatic N) is 2. The van der Waals surface area contributed by atoms with Gasteiger partial charge in [-0.2, -0.15) is 4.98 Å². The third-order valence-electron chi connectivity index (χ3n) is 3.31. The van der Waals surface area contributed by atoms with Crippen molar-refractivity contribution in [3.63, 3.8) is 0 Å². The van der Waals surface area contributed by atoms with E-state index in [1.807, 2.05) is 0 Å². The Labute approximate surface area is 95.3 Å². The third kappa shape index (κ3) is 2.25. The van der Waals surface area contributed by atoms with Gasteiger partial charge < -0.3 is 15.0 Å². The summed E-state index contributed by atoms with van der Waals surface area (Å²) in [6, 6.07) is -0.292. The molecule has 3 unspecified atom stereocenters. The molecular weight excluding hydrogens is 206 g/mol. The van der Waals surface area contributed by atoms with E-state index in [-0.39, 0.29) is 6.04 Å². The van der Waals surface area contributed by atoms with Gasteiger partial charge in [0.1, 0.15) is 0 Å². The van der Waals surface area contributed by atoms with Gasteiger partial charge in [-0.15, -0.1) is 0 Å². The minimum atomic E-state index is -0.292. The van der Waals surface area contributed by atoms with Gasteiger partial charge in [-0.1, -0.05) is 18.5 Å². The van der Waals surface area contributed by atoms with Gasteiger partial charge in [0.25, 0.3) is 0 Å². The molecule has 0 amide bonds. The Hall–Kier alpha value is -0.940. The van der Waals surface area contributed by atoms with Gasteiger partial charge in [-0.05, 0) is 18.8 Å². The Morgan fingerprint density at radius 2 is 2.38 bits per heavy atom. The number of hydrogen-bond donors (Lipinski definition) is 1. The molecule has 2 rings (SSSR count). The molecule has 0 aromatic carbocycles. The molecule has 1 aliphatic rings. The van der Waals surface area contributed by atoms with Crippen LogP contribution in [-0.4, -0.2) is 23.9 Å². The molecule has 0 spiro atoms. The fraction of sp³-hybridized carbons (Fsp3) is 0.818. The maximum Gasteiger partial charge on any atom is 0.230 e. The van der Waals surface area contributed by atoms with Crippen LogP contribution in [-0.2, 0) is 4.74 Å². The smallest absolute Gasteiger partial charge is 0.230 e. The van der Waals surface area contributed by atoms with E-state index in [0.29, 0.717) is 24.3 Å². The van der Waals surface area contributed by atoms with Crippen LogP contribution in [0.15, 0.2) is 4.52 Å². The van der Waals surface area contributed by atoms with Crippen molar-refractivity contribution in [1.29, 1.82) is 0 Å². The van der Waals surface area contributed by atoms with Crippen LogP contribution in [0.3, 0.4) is 0 Å². The fourth-order valence-electron chi connectivity index (χ4n) is 2.31. The summed E-state index contributed by atoms with van der Waals surface area (Å²) in [7, 11) is 1.61. The Morgan fingerprint density at radius 3 is 3.00 bits per heavy atom. The lowest BCUT2D eigenvalue weighted by atomic mass is 9.98. The van der Waals surface area contributed by atoms with Crippen molar-refractivity contribution in [1.82, 2.24) is 10.1 Å². The van der Waals surface area contributed by atoms with Crippen LogP contribution in [0.4, 0.5) is 0 Å². The molecule has 0 bridgehead atoms. The van der Waals surface area contributed by atoms with Crippen molar-refractivity contribution < 1.29 is 9.26 Å². The quantitative estimate of drug-likeness (QED) is 0.842. The van der Waals surface area contributed by atoms with Crippen LogP contribution in [0.1, 0.15) is 49.9 Å². The topological polar surface area (TPSA) is 74.2 Å². The summed E-state index contributed by atoms with van der Waals surface area (Å²) in [6.07, 6.45) is 3.63. The predicted molar refractivity (Wildman–Crippen MR) is 58.9 cm³/mol. The molecule has 5 heteroatoms. The van der Waals surface area contributed by atoms with E-state index < -0.39 is 0 Å². The zero-order chi connectivity index (χ0) is 11.5. The fourth-order valence-corrected chi connectivity index (χ4v) is 2.31. The van der Waals surface area contributed by atoms with Gasteiger partial charge in [-0.3, -0.25) is 0 Å². The Bertz CT molecular complexity index is 340. The molecule has 1 fully saturated rings. The van der Waals surface area contributed by atoms with Gasteiger partial charge in [-0.25, -0.2) is 0 Å². The first-order chi connectivity index (χ1) is 7.72. The highest BCUT2D eigenvalue weighted by atomic mass is 16.5. The van der Waals surface area contributed by atoms with E-state index in [0.717, 1.165) is 12.3 Å². The van der Waals surface area contributed by atoms with Crippen molar-refractivity contribution in [2.45, 2.75) is 38.1 Å². The van der Waals surface area contributed by atoms with Crippen LogP contribution < -0.4 is 5.73 Å². The lowest BCUT2D eigenvalue weighted by molar-refractivity contribution is 0.177. The van der Waals surface area contributed by atoms with E-state index in [1.54, 1.807) is 7.11 Å². The van der Waals surface area contributed by atoms with Crippen molar-refractivity contribution in [3.05, 3.63) is 11.7 Å². The lowest BCUT2D eigenvalue weighted by Gasteiger charge is -2.09. The summed E-state index contributed by atoms with van der Waals surface area (Å²) in [4.78, 5) is 4.38. The molecule has 1 heterocycles. The standard InChI is InChI=1S/C11H19N3O2/c1-7-4-3-5-8(7)11-13-10(14-16-11)9(12)6-15-2/h7-9H,3-6,12H2,1-2H3. The molecule has 0 radical (unpaired) electrons. The van der Waals surface area contributed by atoms with Gasteiger partial charge in [0.2, 0.25) is 5.89 Å². The van der Waals surface area contributed by atoms with Crippen molar-refractivity contribution in [2.75, 3.05) is 13.7 Å². The van der Waals surface area contributed by atoms with Crippen molar-refractivity contribution >= 4 is 0 Å². The lowest BCUT2D eigenvalue weighted by Crippen LogP contribution is -2.17. The molecule has 16 heavy (non-hydrogen) atoms. The van der Waals surface area contributed by atoms with Crippen LogP contribution in [0.5, 0.6) is 0 Å². The summed E-state index contributed by atoms with van der Waals surface area (Å²) < 4.78 is 10.3. The van der Waals surface area contributed by atoms with Gasteiger partial charge in [0.05, 0.1) is 12.6 Å². The summed E-state index contributed by atoms with van der Waals surface area (Å²) in [5.41, 5.74) is 5.84. The highest BCUT2D eigenvalue weighted by molar-refractivity contribution is 5.01. The highest BCUT2D eigenvalue weighted by Crippen LogP contribution is 2.38. The minimum absolute atomic E-state index is 0.292. The second-order valence-electron chi connectivity index (χ2n) is 4.57. The molecule has 5 nitrogen and oxygen atoms in total. The zero-order valence-electron chi connectivity index (χ0n) is 9.85. The summed E-state index contributed by atoms with van der Waals surface area (Å²) in [5.74, 6) is 2.34. The molecule has 0 saturated heterocycles. The molecule has 1 aliphatic carbocycles. The number of methoxy groups -OCH3 is 1. The largest absolute Gasteiger partial charge is 0.383 e. The highest BCUT2D eigenvalue weighted by Gasteiger charge is 2.30. The number of hydrogen-bond acceptors (Lipinski definition) is 5.